The first-order valence-electron chi connectivity index (χ1n) is 4.51. The van der Waals surface area contributed by atoms with Gasteiger partial charge in [0.1, 0.15) is 0 Å². The predicted octanol–water partition coefficient (Wildman–Crippen LogP) is 1.48. The number of H-pyrrole nitrogens is 1. The van der Waals surface area contributed by atoms with Crippen LogP contribution in [0.4, 0.5) is 0 Å². The van der Waals surface area contributed by atoms with E-state index in [4.69, 9.17) is 5.26 Å². The molecule has 0 radical (unpaired) electrons. The van der Waals surface area contributed by atoms with Gasteiger partial charge in [0.2, 0.25) is 0 Å². The van der Waals surface area contributed by atoms with E-state index in [0.29, 0.717) is 11.4 Å². The van der Waals surface area contributed by atoms with E-state index in [1.165, 1.54) is 0 Å². The molecule has 0 fully saturated rings. The number of nitrogens with one attached hydrogen (secondary N) is 1. The Morgan fingerprint density at radius 1 is 1.33 bits per heavy atom. The van der Waals surface area contributed by atoms with Gasteiger partial charge in [-0.3, -0.25) is 0 Å². The number of aromatic amines is 1. The highest BCUT2D eigenvalue weighted by Crippen LogP contribution is 2.19. The summed E-state index contributed by atoms with van der Waals surface area (Å²) >= 11 is 0. The number of benzene rings is 1. The van der Waals surface area contributed by atoms with Crippen LogP contribution in [0, 0.1) is 18.4 Å². The molecule has 74 valence electrons. The summed E-state index contributed by atoms with van der Waals surface area (Å²) in [5.74, 6) is 0. The minimum absolute atomic E-state index is 0.395. The van der Waals surface area contributed by atoms with Crippen LogP contribution in [0.15, 0.2) is 35.1 Å². The fourth-order valence-electron chi connectivity index (χ4n) is 1.58. The zero-order valence-corrected chi connectivity index (χ0v) is 8.19. The standard InChI is InChI=1S/C11H9N3O/c1-8-10(9-5-3-2-4-6-9)14(7-12)11(15)13-8/h2-6H,1H3,(H,13,15). The number of imidazole rings is 1. The molecule has 0 atom stereocenters. The van der Waals surface area contributed by atoms with Crippen LogP contribution in [-0.4, -0.2) is 9.55 Å². The zero-order valence-electron chi connectivity index (χ0n) is 8.19. The maximum absolute atomic E-state index is 11.4. The molecule has 0 aliphatic carbocycles. The molecule has 0 aliphatic heterocycles. The van der Waals surface area contributed by atoms with Gasteiger partial charge in [0, 0.05) is 11.3 Å². The third-order valence-corrected chi connectivity index (χ3v) is 2.22. The second-order valence-electron chi connectivity index (χ2n) is 3.21. The maximum Gasteiger partial charge on any atom is 0.339 e. The molecule has 0 amide bonds. The largest absolute Gasteiger partial charge is 0.339 e. The topological polar surface area (TPSA) is 61.6 Å². The van der Waals surface area contributed by atoms with Gasteiger partial charge in [0.15, 0.2) is 6.19 Å². The summed E-state index contributed by atoms with van der Waals surface area (Å²) in [7, 11) is 0. The molecule has 4 nitrogen and oxygen atoms in total. The molecular formula is C11H9N3O. The molecule has 1 N–H and O–H groups in total. The third kappa shape index (κ3) is 1.44. The molecule has 1 heterocycles. The monoisotopic (exact) mass is 199 g/mol. The summed E-state index contributed by atoms with van der Waals surface area (Å²) in [6, 6.07) is 9.36. The normalized spacial score (nSPS) is 9.87. The Kier molecular flexibility index (Phi) is 2.14. The fraction of sp³-hybridized carbons (Fsp3) is 0.0909. The highest BCUT2D eigenvalue weighted by atomic mass is 16.1. The predicted molar refractivity (Wildman–Crippen MR) is 56.2 cm³/mol. The van der Waals surface area contributed by atoms with Gasteiger partial charge in [0.05, 0.1) is 5.69 Å². The Morgan fingerprint density at radius 2 is 2.00 bits per heavy atom. The molecule has 0 aliphatic rings. The second-order valence-corrected chi connectivity index (χ2v) is 3.21. The molecule has 1 aromatic heterocycles. The van der Waals surface area contributed by atoms with Crippen molar-refractivity contribution in [3.05, 3.63) is 46.5 Å². The average Bonchev–Trinajstić information content (AvgIpc) is 2.54. The first-order chi connectivity index (χ1) is 7.24. The minimum Gasteiger partial charge on any atom is -0.309 e. The third-order valence-electron chi connectivity index (χ3n) is 2.22. The molecule has 1 aromatic carbocycles. The Labute approximate surface area is 86.4 Å². The SMILES string of the molecule is Cc1[nH]c(=O)n(C#N)c1-c1ccccc1. The van der Waals surface area contributed by atoms with Crippen molar-refractivity contribution in [3.8, 4) is 17.5 Å². The molecule has 0 spiro atoms. The van der Waals surface area contributed by atoms with Crippen molar-refractivity contribution in [3.63, 3.8) is 0 Å². The van der Waals surface area contributed by atoms with Crippen LogP contribution in [0.1, 0.15) is 5.69 Å². The molecule has 2 aromatic rings. The van der Waals surface area contributed by atoms with Crippen LogP contribution in [0.5, 0.6) is 0 Å². The van der Waals surface area contributed by atoms with Gasteiger partial charge in [-0.25, -0.2) is 4.79 Å². The number of aromatic nitrogens is 2. The molecular weight excluding hydrogens is 190 g/mol. The van der Waals surface area contributed by atoms with Crippen molar-refractivity contribution in [1.29, 1.82) is 5.26 Å². The van der Waals surface area contributed by atoms with E-state index in [1.54, 1.807) is 6.92 Å². The first-order valence-corrected chi connectivity index (χ1v) is 4.51. The maximum atomic E-state index is 11.4. The van der Waals surface area contributed by atoms with E-state index >= 15 is 0 Å². The van der Waals surface area contributed by atoms with Crippen molar-refractivity contribution >= 4 is 0 Å². The Morgan fingerprint density at radius 3 is 2.60 bits per heavy atom. The summed E-state index contributed by atoms with van der Waals surface area (Å²) in [5.41, 5.74) is 1.79. The van der Waals surface area contributed by atoms with Gasteiger partial charge >= 0.3 is 5.69 Å². The number of hydrogen-bond donors (Lipinski definition) is 1. The summed E-state index contributed by atoms with van der Waals surface area (Å²) in [6.45, 7) is 1.78. The Bertz CT molecular complexity index is 572. The van der Waals surface area contributed by atoms with Crippen molar-refractivity contribution in [2.45, 2.75) is 6.92 Å². The molecule has 0 unspecified atom stereocenters. The summed E-state index contributed by atoms with van der Waals surface area (Å²) in [6.07, 6.45) is 1.86. The summed E-state index contributed by atoms with van der Waals surface area (Å²) in [5, 5.41) is 8.87. The van der Waals surface area contributed by atoms with Crippen LogP contribution in [0.25, 0.3) is 11.3 Å². The Balaban J connectivity index is 2.74. The van der Waals surface area contributed by atoms with Crippen LogP contribution < -0.4 is 5.69 Å². The second kappa shape index (κ2) is 3.46. The zero-order chi connectivity index (χ0) is 10.8. The van der Waals surface area contributed by atoms with Gasteiger partial charge in [0.25, 0.3) is 0 Å². The van der Waals surface area contributed by atoms with E-state index in [0.717, 1.165) is 10.1 Å². The van der Waals surface area contributed by atoms with Crippen LogP contribution in [-0.2, 0) is 0 Å². The van der Waals surface area contributed by atoms with Gasteiger partial charge in [-0.2, -0.15) is 9.83 Å². The molecule has 4 heteroatoms. The van der Waals surface area contributed by atoms with Gasteiger partial charge in [-0.15, -0.1) is 0 Å². The lowest BCUT2D eigenvalue weighted by Crippen LogP contribution is -2.13. The van der Waals surface area contributed by atoms with Crippen molar-refractivity contribution < 1.29 is 0 Å². The summed E-state index contributed by atoms with van der Waals surface area (Å²) < 4.78 is 1.06. The molecule has 15 heavy (non-hydrogen) atoms. The van der Waals surface area contributed by atoms with Crippen molar-refractivity contribution in [2.75, 3.05) is 0 Å². The Hall–Kier alpha value is -2.28. The molecule has 0 saturated heterocycles. The lowest BCUT2D eigenvalue weighted by atomic mass is 10.1. The van der Waals surface area contributed by atoms with Crippen molar-refractivity contribution in [1.82, 2.24) is 9.55 Å². The number of nitrogens with zero attached hydrogens (tertiary/aromatic N) is 2. The smallest absolute Gasteiger partial charge is 0.309 e. The van der Waals surface area contributed by atoms with Crippen LogP contribution >= 0.6 is 0 Å². The van der Waals surface area contributed by atoms with Gasteiger partial charge in [-0.1, -0.05) is 30.3 Å². The fourth-order valence-corrected chi connectivity index (χ4v) is 1.58. The van der Waals surface area contributed by atoms with E-state index in [1.807, 2.05) is 36.5 Å². The van der Waals surface area contributed by atoms with Crippen molar-refractivity contribution in [2.24, 2.45) is 0 Å². The van der Waals surface area contributed by atoms with E-state index in [9.17, 15) is 4.79 Å². The molecule has 2 rings (SSSR count). The van der Waals surface area contributed by atoms with E-state index < -0.39 is 5.69 Å². The van der Waals surface area contributed by atoms with Crippen LogP contribution in [0.3, 0.4) is 0 Å². The highest BCUT2D eigenvalue weighted by Gasteiger charge is 2.11. The lowest BCUT2D eigenvalue weighted by molar-refractivity contribution is 1.01. The average molecular weight is 199 g/mol. The number of rotatable bonds is 1. The van der Waals surface area contributed by atoms with Gasteiger partial charge in [-0.05, 0) is 6.92 Å². The molecule has 0 bridgehead atoms. The lowest BCUT2D eigenvalue weighted by Gasteiger charge is -2.00. The highest BCUT2D eigenvalue weighted by molar-refractivity contribution is 5.62. The van der Waals surface area contributed by atoms with E-state index in [-0.39, 0.29) is 0 Å². The minimum atomic E-state index is -0.395. The number of hydrogen-bond acceptors (Lipinski definition) is 2. The first kappa shape index (κ1) is 9.28. The molecule has 0 saturated carbocycles. The van der Waals surface area contributed by atoms with Crippen LogP contribution in [0.2, 0.25) is 0 Å². The van der Waals surface area contributed by atoms with E-state index in [2.05, 4.69) is 4.98 Å². The number of aryl methyl sites for hydroxylation is 1. The summed E-state index contributed by atoms with van der Waals surface area (Å²) in [4.78, 5) is 14.0. The van der Waals surface area contributed by atoms with Gasteiger partial charge < -0.3 is 4.98 Å². The quantitative estimate of drug-likeness (QED) is 0.756. The number of nitriles is 1.